The molecule has 0 spiro atoms. The Bertz CT molecular complexity index is 569. The number of aryl methyl sites for hydroxylation is 2. The van der Waals surface area contributed by atoms with Crippen molar-refractivity contribution >= 4 is 17.2 Å². The van der Waals surface area contributed by atoms with Gasteiger partial charge < -0.3 is 10.4 Å². The number of nitrogens with zero attached hydrogens (tertiary/aromatic N) is 2. The predicted octanol–water partition coefficient (Wildman–Crippen LogP) is 1.62. The maximum Gasteiger partial charge on any atom is 0.254 e. The van der Waals surface area contributed by atoms with Crippen LogP contribution in [-0.2, 0) is 0 Å². The van der Waals surface area contributed by atoms with Gasteiger partial charge in [0.1, 0.15) is 5.82 Å². The molecular formula is C13H15N3O2S. The zero-order valence-corrected chi connectivity index (χ0v) is 11.6. The first-order chi connectivity index (χ1) is 9.08. The van der Waals surface area contributed by atoms with E-state index >= 15 is 0 Å². The Morgan fingerprint density at radius 2 is 2.32 bits per heavy atom. The van der Waals surface area contributed by atoms with E-state index in [4.69, 9.17) is 0 Å². The number of aliphatic hydroxyl groups is 1. The molecule has 2 heterocycles. The van der Waals surface area contributed by atoms with Gasteiger partial charge in [0, 0.05) is 12.7 Å². The number of rotatable bonds is 4. The van der Waals surface area contributed by atoms with Crippen LogP contribution in [0.3, 0.4) is 0 Å². The van der Waals surface area contributed by atoms with Crippen molar-refractivity contribution in [1.82, 2.24) is 15.3 Å². The number of carbonyl (C=O) groups is 1. The number of nitrogens with one attached hydrogen (secondary N) is 1. The van der Waals surface area contributed by atoms with E-state index < -0.39 is 6.10 Å². The maximum absolute atomic E-state index is 12.0. The highest BCUT2D eigenvalue weighted by Gasteiger charge is 2.13. The highest BCUT2D eigenvalue weighted by molar-refractivity contribution is 7.07. The van der Waals surface area contributed by atoms with Gasteiger partial charge >= 0.3 is 0 Å². The number of thiophene rings is 1. The number of carbonyl (C=O) groups excluding carboxylic acids is 1. The third-order valence-corrected chi connectivity index (χ3v) is 3.43. The molecule has 2 N–H and O–H groups in total. The van der Waals surface area contributed by atoms with Crippen molar-refractivity contribution in [3.8, 4) is 0 Å². The molecule has 0 aliphatic heterocycles. The molecule has 100 valence electrons. The lowest BCUT2D eigenvalue weighted by molar-refractivity contribution is 0.0915. The van der Waals surface area contributed by atoms with Crippen molar-refractivity contribution in [2.45, 2.75) is 20.0 Å². The average Bonchev–Trinajstić information content (AvgIpc) is 2.89. The molecule has 1 atom stereocenters. The van der Waals surface area contributed by atoms with Gasteiger partial charge in [-0.05, 0) is 36.2 Å². The van der Waals surface area contributed by atoms with E-state index in [1.54, 1.807) is 13.8 Å². The van der Waals surface area contributed by atoms with E-state index in [1.807, 2.05) is 16.8 Å². The Labute approximate surface area is 115 Å². The molecule has 1 unspecified atom stereocenters. The quantitative estimate of drug-likeness (QED) is 0.890. The Hall–Kier alpha value is -1.79. The third-order valence-electron chi connectivity index (χ3n) is 2.73. The molecule has 2 aromatic heterocycles. The van der Waals surface area contributed by atoms with Gasteiger partial charge in [-0.2, -0.15) is 11.3 Å². The van der Waals surface area contributed by atoms with Crippen LogP contribution in [-0.4, -0.2) is 27.5 Å². The molecule has 0 saturated heterocycles. The fourth-order valence-corrected chi connectivity index (χ4v) is 2.38. The van der Waals surface area contributed by atoms with E-state index in [0.29, 0.717) is 17.1 Å². The first-order valence-electron chi connectivity index (χ1n) is 5.86. The summed E-state index contributed by atoms with van der Waals surface area (Å²) in [6.45, 7) is 3.71. The van der Waals surface area contributed by atoms with Crippen LogP contribution in [0.15, 0.2) is 23.0 Å². The van der Waals surface area contributed by atoms with Crippen molar-refractivity contribution in [3.05, 3.63) is 45.7 Å². The minimum atomic E-state index is -0.693. The monoisotopic (exact) mass is 277 g/mol. The summed E-state index contributed by atoms with van der Waals surface area (Å²) in [6, 6.07) is 1.84. The minimum Gasteiger partial charge on any atom is -0.387 e. The number of hydrogen-bond donors (Lipinski definition) is 2. The smallest absolute Gasteiger partial charge is 0.254 e. The van der Waals surface area contributed by atoms with Crippen LogP contribution in [0.25, 0.3) is 0 Å². The van der Waals surface area contributed by atoms with E-state index in [2.05, 4.69) is 15.3 Å². The number of aliphatic hydroxyl groups excluding tert-OH is 1. The topological polar surface area (TPSA) is 75.1 Å². The Morgan fingerprint density at radius 3 is 2.95 bits per heavy atom. The molecule has 19 heavy (non-hydrogen) atoms. The van der Waals surface area contributed by atoms with Crippen LogP contribution >= 0.6 is 11.3 Å². The lowest BCUT2D eigenvalue weighted by Gasteiger charge is -2.11. The molecule has 0 aliphatic carbocycles. The summed E-state index contributed by atoms with van der Waals surface area (Å²) >= 11 is 1.51. The van der Waals surface area contributed by atoms with E-state index in [0.717, 1.165) is 5.56 Å². The predicted molar refractivity (Wildman–Crippen MR) is 73.1 cm³/mol. The normalized spacial score (nSPS) is 12.2. The second-order valence-electron chi connectivity index (χ2n) is 4.20. The van der Waals surface area contributed by atoms with Crippen LogP contribution in [0.4, 0.5) is 0 Å². The lowest BCUT2D eigenvalue weighted by Crippen LogP contribution is -2.29. The molecule has 0 aromatic carbocycles. The van der Waals surface area contributed by atoms with Gasteiger partial charge in [-0.1, -0.05) is 0 Å². The summed E-state index contributed by atoms with van der Waals surface area (Å²) in [7, 11) is 0. The molecule has 0 aliphatic rings. The van der Waals surface area contributed by atoms with Crippen LogP contribution in [0.1, 0.15) is 33.5 Å². The van der Waals surface area contributed by atoms with Gasteiger partial charge in [-0.25, -0.2) is 9.97 Å². The van der Waals surface area contributed by atoms with Crippen molar-refractivity contribution < 1.29 is 9.90 Å². The second kappa shape index (κ2) is 5.90. The molecule has 6 heteroatoms. The Balaban J connectivity index is 1.98. The zero-order valence-electron chi connectivity index (χ0n) is 10.8. The SMILES string of the molecule is Cc1ncc(C(=O)NCC(O)c2ccsc2)c(C)n1. The standard InChI is InChI=1S/C13H15N3O2S/c1-8-11(5-14-9(2)16-8)13(18)15-6-12(17)10-3-4-19-7-10/h3-5,7,12,17H,6H2,1-2H3,(H,15,18). The van der Waals surface area contributed by atoms with E-state index in [-0.39, 0.29) is 12.5 Å². The summed E-state index contributed by atoms with van der Waals surface area (Å²) in [5.74, 6) is 0.360. The second-order valence-corrected chi connectivity index (χ2v) is 4.98. The molecule has 0 bridgehead atoms. The van der Waals surface area contributed by atoms with Crippen molar-refractivity contribution in [2.75, 3.05) is 6.54 Å². The Morgan fingerprint density at radius 1 is 1.53 bits per heavy atom. The molecular weight excluding hydrogens is 262 g/mol. The first kappa shape index (κ1) is 13.6. The summed E-state index contributed by atoms with van der Waals surface area (Å²) in [5.41, 5.74) is 1.88. The number of aromatic nitrogens is 2. The summed E-state index contributed by atoms with van der Waals surface area (Å²) in [4.78, 5) is 20.1. The van der Waals surface area contributed by atoms with Gasteiger partial charge in [0.15, 0.2) is 0 Å². The highest BCUT2D eigenvalue weighted by atomic mass is 32.1. The summed E-state index contributed by atoms with van der Waals surface area (Å²) in [6.07, 6.45) is 0.811. The van der Waals surface area contributed by atoms with Crippen molar-refractivity contribution in [2.24, 2.45) is 0 Å². The first-order valence-corrected chi connectivity index (χ1v) is 6.81. The number of hydrogen-bond acceptors (Lipinski definition) is 5. The summed E-state index contributed by atoms with van der Waals surface area (Å²) < 4.78 is 0. The molecule has 2 aromatic rings. The van der Waals surface area contributed by atoms with Crippen LogP contribution in [0.5, 0.6) is 0 Å². The van der Waals surface area contributed by atoms with E-state index in [9.17, 15) is 9.90 Å². The van der Waals surface area contributed by atoms with Crippen LogP contribution in [0.2, 0.25) is 0 Å². The maximum atomic E-state index is 12.0. The van der Waals surface area contributed by atoms with Gasteiger partial charge in [0.05, 0.1) is 17.4 Å². The zero-order chi connectivity index (χ0) is 13.8. The molecule has 0 fully saturated rings. The molecule has 0 saturated carbocycles. The Kier molecular flexibility index (Phi) is 4.24. The molecule has 2 rings (SSSR count). The molecule has 5 nitrogen and oxygen atoms in total. The fraction of sp³-hybridized carbons (Fsp3) is 0.308. The van der Waals surface area contributed by atoms with Crippen LogP contribution in [0, 0.1) is 13.8 Å². The van der Waals surface area contributed by atoms with Gasteiger partial charge in [0.2, 0.25) is 0 Å². The highest BCUT2D eigenvalue weighted by Crippen LogP contribution is 2.15. The molecule has 0 radical (unpaired) electrons. The molecule has 1 amide bonds. The minimum absolute atomic E-state index is 0.170. The summed E-state index contributed by atoms with van der Waals surface area (Å²) in [5, 5.41) is 16.3. The van der Waals surface area contributed by atoms with E-state index in [1.165, 1.54) is 17.5 Å². The fourth-order valence-electron chi connectivity index (χ4n) is 1.67. The van der Waals surface area contributed by atoms with Gasteiger partial charge in [0.25, 0.3) is 5.91 Å². The van der Waals surface area contributed by atoms with Gasteiger partial charge in [-0.3, -0.25) is 4.79 Å². The number of amides is 1. The van der Waals surface area contributed by atoms with Crippen LogP contribution < -0.4 is 5.32 Å². The lowest BCUT2D eigenvalue weighted by atomic mass is 10.2. The van der Waals surface area contributed by atoms with Gasteiger partial charge in [-0.15, -0.1) is 0 Å². The average molecular weight is 277 g/mol. The third kappa shape index (κ3) is 3.36. The largest absolute Gasteiger partial charge is 0.387 e. The van der Waals surface area contributed by atoms with Crippen molar-refractivity contribution in [1.29, 1.82) is 0 Å². The van der Waals surface area contributed by atoms with Crippen molar-refractivity contribution in [3.63, 3.8) is 0 Å².